The van der Waals surface area contributed by atoms with Crippen LogP contribution >= 0.6 is 0 Å². The van der Waals surface area contributed by atoms with Crippen molar-refractivity contribution in [3.8, 4) is 6.07 Å². The highest BCUT2D eigenvalue weighted by molar-refractivity contribution is 5.90. The predicted molar refractivity (Wildman–Crippen MR) is 89.9 cm³/mol. The van der Waals surface area contributed by atoms with Crippen molar-refractivity contribution in [2.75, 3.05) is 5.32 Å². The quantitative estimate of drug-likeness (QED) is 0.755. The second-order valence-electron chi connectivity index (χ2n) is 5.53. The molecule has 1 aromatic carbocycles. The zero-order valence-electron chi connectivity index (χ0n) is 13.5. The van der Waals surface area contributed by atoms with Crippen molar-refractivity contribution in [3.05, 3.63) is 47.9 Å². The zero-order valence-corrected chi connectivity index (χ0v) is 13.5. The molecule has 0 unspecified atom stereocenters. The summed E-state index contributed by atoms with van der Waals surface area (Å²) in [4.78, 5) is 16.2. The van der Waals surface area contributed by atoms with Crippen molar-refractivity contribution >= 4 is 11.7 Å². The van der Waals surface area contributed by atoms with Gasteiger partial charge in [-0.15, -0.1) is 0 Å². The molecule has 0 spiro atoms. The predicted octanol–water partition coefficient (Wildman–Crippen LogP) is 3.71. The second-order valence-corrected chi connectivity index (χ2v) is 5.53. The Morgan fingerprint density at radius 3 is 2.74 bits per heavy atom. The van der Waals surface area contributed by atoms with Gasteiger partial charge in [0.05, 0.1) is 12.9 Å². The smallest absolute Gasteiger partial charge is 0.225 e. The SMILES string of the molecule is CCCCCCC(=O)Nc1c(C#N)ncn1Cc1ccccc1. The topological polar surface area (TPSA) is 70.7 Å². The van der Waals surface area contributed by atoms with Crippen LogP contribution in [0, 0.1) is 11.3 Å². The van der Waals surface area contributed by atoms with Crippen LogP contribution in [0.1, 0.15) is 50.3 Å². The van der Waals surface area contributed by atoms with E-state index < -0.39 is 0 Å². The molecule has 2 aromatic rings. The molecule has 2 rings (SSSR count). The molecule has 1 heterocycles. The number of anilines is 1. The van der Waals surface area contributed by atoms with Crippen LogP contribution in [0.2, 0.25) is 0 Å². The third-order valence-corrected chi connectivity index (χ3v) is 3.65. The molecular formula is C18H22N4O. The van der Waals surface area contributed by atoms with E-state index in [1.807, 2.05) is 36.4 Å². The minimum atomic E-state index is -0.0626. The van der Waals surface area contributed by atoms with Crippen LogP contribution in [0.15, 0.2) is 36.7 Å². The Hall–Kier alpha value is -2.61. The lowest BCUT2D eigenvalue weighted by Gasteiger charge is -2.10. The highest BCUT2D eigenvalue weighted by atomic mass is 16.1. The molecule has 0 aliphatic carbocycles. The first-order valence-electron chi connectivity index (χ1n) is 8.03. The number of nitrogens with one attached hydrogen (secondary N) is 1. The van der Waals surface area contributed by atoms with Crippen molar-refractivity contribution < 1.29 is 4.79 Å². The van der Waals surface area contributed by atoms with E-state index >= 15 is 0 Å². The van der Waals surface area contributed by atoms with Gasteiger partial charge >= 0.3 is 0 Å². The Morgan fingerprint density at radius 2 is 2.04 bits per heavy atom. The highest BCUT2D eigenvalue weighted by Gasteiger charge is 2.13. The standard InChI is InChI=1S/C18H22N4O/c1-2-3-4-8-11-17(23)21-18-16(12-19)20-14-22(18)13-15-9-6-5-7-10-15/h5-7,9-10,14H,2-4,8,11,13H2,1H3,(H,21,23). The van der Waals surface area contributed by atoms with Crippen molar-refractivity contribution in [2.45, 2.75) is 45.6 Å². The normalized spacial score (nSPS) is 10.3. The van der Waals surface area contributed by atoms with E-state index in [-0.39, 0.29) is 11.6 Å². The summed E-state index contributed by atoms with van der Waals surface area (Å²) in [6.45, 7) is 2.71. The summed E-state index contributed by atoms with van der Waals surface area (Å²) in [5, 5.41) is 12.0. The summed E-state index contributed by atoms with van der Waals surface area (Å²) in [5.74, 6) is 0.421. The Bertz CT molecular complexity index is 670. The van der Waals surface area contributed by atoms with Gasteiger partial charge in [-0.05, 0) is 12.0 Å². The fourth-order valence-electron chi connectivity index (χ4n) is 2.40. The molecule has 0 fully saturated rings. The van der Waals surface area contributed by atoms with Gasteiger partial charge in [0.15, 0.2) is 11.5 Å². The molecule has 0 aliphatic heterocycles. The van der Waals surface area contributed by atoms with Gasteiger partial charge in [-0.25, -0.2) is 4.98 Å². The fourth-order valence-corrected chi connectivity index (χ4v) is 2.40. The summed E-state index contributed by atoms with van der Waals surface area (Å²) in [7, 11) is 0. The van der Waals surface area contributed by atoms with E-state index in [1.165, 1.54) is 0 Å². The molecule has 120 valence electrons. The fraction of sp³-hybridized carbons (Fsp3) is 0.389. The van der Waals surface area contributed by atoms with Gasteiger partial charge in [0, 0.05) is 6.42 Å². The first kappa shape index (κ1) is 16.8. The molecule has 0 radical (unpaired) electrons. The number of benzene rings is 1. The molecule has 5 nitrogen and oxygen atoms in total. The first-order chi connectivity index (χ1) is 11.2. The molecular weight excluding hydrogens is 288 g/mol. The molecule has 23 heavy (non-hydrogen) atoms. The zero-order chi connectivity index (χ0) is 16.5. The van der Waals surface area contributed by atoms with Crippen LogP contribution in [0.3, 0.4) is 0 Å². The minimum Gasteiger partial charge on any atom is -0.312 e. The number of carbonyl (C=O) groups excluding carboxylic acids is 1. The number of imidazole rings is 1. The number of unbranched alkanes of at least 4 members (excludes halogenated alkanes) is 3. The molecule has 1 N–H and O–H groups in total. The maximum absolute atomic E-state index is 12.1. The van der Waals surface area contributed by atoms with Crippen molar-refractivity contribution in [1.82, 2.24) is 9.55 Å². The van der Waals surface area contributed by atoms with Crippen molar-refractivity contribution in [2.24, 2.45) is 0 Å². The van der Waals surface area contributed by atoms with E-state index in [4.69, 9.17) is 0 Å². The van der Waals surface area contributed by atoms with Crippen LogP contribution in [0.25, 0.3) is 0 Å². The summed E-state index contributed by atoms with van der Waals surface area (Å²) in [6, 6.07) is 11.9. The van der Waals surface area contributed by atoms with E-state index in [1.54, 1.807) is 10.9 Å². The number of carbonyl (C=O) groups is 1. The molecule has 1 aromatic heterocycles. The van der Waals surface area contributed by atoms with Gasteiger partial charge in [-0.3, -0.25) is 4.79 Å². The van der Waals surface area contributed by atoms with E-state index in [9.17, 15) is 10.1 Å². The number of rotatable bonds is 8. The largest absolute Gasteiger partial charge is 0.312 e. The number of aromatic nitrogens is 2. The lowest BCUT2D eigenvalue weighted by atomic mass is 10.1. The molecule has 0 saturated carbocycles. The number of nitrogens with zero attached hydrogens (tertiary/aromatic N) is 3. The number of nitriles is 1. The van der Waals surface area contributed by atoms with Gasteiger partial charge in [-0.1, -0.05) is 56.5 Å². The highest BCUT2D eigenvalue weighted by Crippen LogP contribution is 2.16. The Balaban J connectivity index is 2.03. The molecule has 0 aliphatic rings. The molecule has 5 heteroatoms. The average Bonchev–Trinajstić information content (AvgIpc) is 2.94. The third-order valence-electron chi connectivity index (χ3n) is 3.65. The number of amides is 1. The molecule has 0 saturated heterocycles. The second kappa shape index (κ2) is 8.74. The minimum absolute atomic E-state index is 0.0626. The van der Waals surface area contributed by atoms with Crippen LogP contribution < -0.4 is 5.32 Å². The summed E-state index contributed by atoms with van der Waals surface area (Å²) in [5.41, 5.74) is 1.34. The van der Waals surface area contributed by atoms with Gasteiger partial charge in [-0.2, -0.15) is 5.26 Å². The van der Waals surface area contributed by atoms with Crippen LogP contribution in [-0.4, -0.2) is 15.5 Å². The van der Waals surface area contributed by atoms with Gasteiger partial charge in [0.25, 0.3) is 0 Å². The van der Waals surface area contributed by atoms with E-state index in [2.05, 4.69) is 17.2 Å². The van der Waals surface area contributed by atoms with Crippen molar-refractivity contribution in [3.63, 3.8) is 0 Å². The van der Waals surface area contributed by atoms with Crippen LogP contribution in [0.5, 0.6) is 0 Å². The molecule has 0 atom stereocenters. The monoisotopic (exact) mass is 310 g/mol. The lowest BCUT2D eigenvalue weighted by molar-refractivity contribution is -0.116. The average molecular weight is 310 g/mol. The Labute approximate surface area is 137 Å². The van der Waals surface area contributed by atoms with Crippen LogP contribution in [-0.2, 0) is 11.3 Å². The Morgan fingerprint density at radius 1 is 1.26 bits per heavy atom. The third kappa shape index (κ3) is 4.96. The maximum atomic E-state index is 12.1. The summed E-state index contributed by atoms with van der Waals surface area (Å²) >= 11 is 0. The van der Waals surface area contributed by atoms with Gasteiger partial charge < -0.3 is 9.88 Å². The van der Waals surface area contributed by atoms with Crippen molar-refractivity contribution in [1.29, 1.82) is 5.26 Å². The van der Waals surface area contributed by atoms with Gasteiger partial charge in [0.1, 0.15) is 6.07 Å². The van der Waals surface area contributed by atoms with Gasteiger partial charge in [0.2, 0.25) is 5.91 Å². The summed E-state index contributed by atoms with van der Waals surface area (Å²) < 4.78 is 1.80. The van der Waals surface area contributed by atoms with Crippen LogP contribution in [0.4, 0.5) is 5.82 Å². The molecule has 0 bridgehead atoms. The molecule has 1 amide bonds. The summed E-state index contributed by atoms with van der Waals surface area (Å²) in [6.07, 6.45) is 6.28. The Kier molecular flexibility index (Phi) is 6.37. The number of hydrogen-bond acceptors (Lipinski definition) is 3. The lowest BCUT2D eigenvalue weighted by Crippen LogP contribution is -2.15. The first-order valence-corrected chi connectivity index (χ1v) is 8.03. The van der Waals surface area contributed by atoms with E-state index in [0.29, 0.717) is 18.8 Å². The maximum Gasteiger partial charge on any atom is 0.225 e. The number of hydrogen-bond donors (Lipinski definition) is 1. The van der Waals surface area contributed by atoms with E-state index in [0.717, 1.165) is 31.2 Å².